The third-order valence-electron chi connectivity index (χ3n) is 6.63. The third kappa shape index (κ3) is 5.75. The molecule has 8 nitrogen and oxygen atoms in total. The summed E-state index contributed by atoms with van der Waals surface area (Å²) in [5.41, 5.74) is 9.88. The first-order valence-electron chi connectivity index (χ1n) is 12.4. The van der Waals surface area contributed by atoms with E-state index in [1.807, 2.05) is 18.3 Å². The lowest BCUT2D eigenvalue weighted by Crippen LogP contribution is -2.37. The minimum absolute atomic E-state index is 0.0176. The van der Waals surface area contributed by atoms with Gasteiger partial charge in [-0.25, -0.2) is 9.37 Å². The summed E-state index contributed by atoms with van der Waals surface area (Å²) in [5, 5.41) is 0.881. The van der Waals surface area contributed by atoms with Gasteiger partial charge in [0.1, 0.15) is 11.8 Å². The first-order valence-corrected chi connectivity index (χ1v) is 12.4. The molecule has 2 aliphatic heterocycles. The number of nitrogens with one attached hydrogen (secondary N) is 1. The van der Waals surface area contributed by atoms with Crippen molar-refractivity contribution in [3.05, 3.63) is 54.2 Å². The molecule has 2 fully saturated rings. The maximum atomic E-state index is 14.9. The van der Waals surface area contributed by atoms with Crippen molar-refractivity contribution < 1.29 is 18.6 Å². The summed E-state index contributed by atoms with van der Waals surface area (Å²) < 4.78 is 31.5. The Bertz CT molecular complexity index is 1230. The molecule has 0 bridgehead atoms. The summed E-state index contributed by atoms with van der Waals surface area (Å²) in [7, 11) is 0. The van der Waals surface area contributed by atoms with Gasteiger partial charge in [0.25, 0.3) is 0 Å². The maximum Gasteiger partial charge on any atom is 0.165 e. The van der Waals surface area contributed by atoms with Crippen LogP contribution in [0.15, 0.2) is 47.9 Å². The predicted octanol–water partition coefficient (Wildman–Crippen LogP) is 3.63. The van der Waals surface area contributed by atoms with Gasteiger partial charge in [-0.1, -0.05) is 6.07 Å². The van der Waals surface area contributed by atoms with Crippen LogP contribution < -0.4 is 10.5 Å². The largest absolute Gasteiger partial charge is 0.487 e. The van der Waals surface area contributed by atoms with Crippen molar-refractivity contribution in [3.63, 3.8) is 0 Å². The normalized spacial score (nSPS) is 18.3. The van der Waals surface area contributed by atoms with Gasteiger partial charge in [-0.3, -0.25) is 9.89 Å². The fourth-order valence-corrected chi connectivity index (χ4v) is 4.54. The van der Waals surface area contributed by atoms with Gasteiger partial charge in [0.05, 0.1) is 33.0 Å². The summed E-state index contributed by atoms with van der Waals surface area (Å²) in [6.45, 7) is 6.29. The smallest absolute Gasteiger partial charge is 0.165 e. The van der Waals surface area contributed by atoms with Crippen LogP contribution in [0.3, 0.4) is 0 Å². The molecule has 3 aromatic rings. The van der Waals surface area contributed by atoms with E-state index in [9.17, 15) is 4.39 Å². The Kier molecular flexibility index (Phi) is 7.90. The molecule has 190 valence electrons. The number of nitrogens with zero attached hydrogens (tertiary/aromatic N) is 3. The molecule has 2 aliphatic rings. The number of aliphatic imine (C=N–C) groups is 1. The van der Waals surface area contributed by atoms with E-state index in [0.717, 1.165) is 79.0 Å². The number of pyridine rings is 1. The highest BCUT2D eigenvalue weighted by Gasteiger charge is 2.18. The van der Waals surface area contributed by atoms with Crippen LogP contribution in [0.4, 0.5) is 4.39 Å². The standard InChI is InChI=1S/C27H32FN5O3/c28-25-14-19(1-2-26(25)36-22-3-9-34-10-4-22)24-18-32-27-23(24)13-20(17-31-27)21(15-29)16-30-5-6-33-7-11-35-12-8-33/h1-2,13-18,22H,3-12,29H2,(H,31,32)/b21-15+,30-16?. The molecule has 4 heterocycles. The molecule has 0 atom stereocenters. The van der Waals surface area contributed by atoms with Gasteiger partial charge in [0.15, 0.2) is 11.6 Å². The van der Waals surface area contributed by atoms with Crippen molar-refractivity contribution in [1.29, 1.82) is 0 Å². The van der Waals surface area contributed by atoms with Gasteiger partial charge in [-0.2, -0.15) is 0 Å². The fraction of sp³-hybridized carbons (Fsp3) is 0.407. The van der Waals surface area contributed by atoms with E-state index in [1.54, 1.807) is 18.5 Å². The van der Waals surface area contributed by atoms with Gasteiger partial charge in [0.2, 0.25) is 0 Å². The van der Waals surface area contributed by atoms with Crippen molar-refractivity contribution >= 4 is 22.8 Å². The zero-order valence-corrected chi connectivity index (χ0v) is 20.3. The van der Waals surface area contributed by atoms with Crippen LogP contribution in [-0.4, -0.2) is 79.8 Å². The zero-order chi connectivity index (χ0) is 24.7. The van der Waals surface area contributed by atoms with Crippen molar-refractivity contribution in [2.75, 3.05) is 52.6 Å². The Labute approximate surface area is 210 Å². The average Bonchev–Trinajstić information content (AvgIpc) is 3.34. The Balaban J connectivity index is 1.31. The Morgan fingerprint density at radius 3 is 2.78 bits per heavy atom. The molecule has 0 unspecified atom stereocenters. The Morgan fingerprint density at radius 1 is 1.19 bits per heavy atom. The zero-order valence-electron chi connectivity index (χ0n) is 20.3. The molecule has 0 aliphatic carbocycles. The molecular weight excluding hydrogens is 461 g/mol. The van der Waals surface area contributed by atoms with E-state index in [-0.39, 0.29) is 17.7 Å². The molecule has 2 saturated heterocycles. The van der Waals surface area contributed by atoms with Crippen LogP contribution in [0.5, 0.6) is 5.75 Å². The van der Waals surface area contributed by atoms with E-state index >= 15 is 0 Å². The van der Waals surface area contributed by atoms with Crippen molar-refractivity contribution in [1.82, 2.24) is 14.9 Å². The van der Waals surface area contributed by atoms with Crippen molar-refractivity contribution in [2.45, 2.75) is 18.9 Å². The third-order valence-corrected chi connectivity index (χ3v) is 6.63. The number of aromatic amines is 1. The number of fused-ring (bicyclic) bond motifs is 1. The van der Waals surface area contributed by atoms with Crippen LogP contribution in [-0.2, 0) is 9.47 Å². The highest BCUT2D eigenvalue weighted by molar-refractivity contribution is 6.10. The second-order valence-corrected chi connectivity index (χ2v) is 9.01. The molecule has 0 saturated carbocycles. The van der Waals surface area contributed by atoms with E-state index < -0.39 is 0 Å². The van der Waals surface area contributed by atoms with Gasteiger partial charge in [-0.05, 0) is 23.8 Å². The summed E-state index contributed by atoms with van der Waals surface area (Å²) >= 11 is 0. The number of rotatable bonds is 8. The molecule has 0 spiro atoms. The molecular formula is C27H32FN5O3. The van der Waals surface area contributed by atoms with Crippen molar-refractivity contribution in [2.24, 2.45) is 10.7 Å². The SMILES string of the molecule is N/C=C(\C=NCCN1CCOCC1)c1cnc2[nH]cc(-c3ccc(OC4CCOCC4)c(F)c3)c2c1. The van der Waals surface area contributed by atoms with Gasteiger partial charge in [-0.15, -0.1) is 0 Å². The van der Waals surface area contributed by atoms with Gasteiger partial charge < -0.3 is 24.9 Å². The fourth-order valence-electron chi connectivity index (χ4n) is 4.54. The molecule has 5 rings (SSSR count). The number of ether oxygens (including phenoxy) is 3. The van der Waals surface area contributed by atoms with Crippen LogP contribution in [0.1, 0.15) is 18.4 Å². The number of morpholine rings is 1. The Hall–Kier alpha value is -3.27. The number of benzene rings is 1. The second-order valence-electron chi connectivity index (χ2n) is 9.01. The molecule has 1 aromatic carbocycles. The van der Waals surface area contributed by atoms with Crippen LogP contribution in [0.2, 0.25) is 0 Å². The summed E-state index contributed by atoms with van der Waals surface area (Å²) in [6, 6.07) is 7.09. The number of halogens is 1. The topological polar surface area (TPSA) is 98.0 Å². The first-order chi connectivity index (χ1) is 17.7. The molecule has 9 heteroatoms. The van der Waals surface area contributed by atoms with E-state index in [2.05, 4.69) is 19.9 Å². The lowest BCUT2D eigenvalue weighted by molar-refractivity contribution is 0.0240. The minimum atomic E-state index is -0.382. The Morgan fingerprint density at radius 2 is 2.00 bits per heavy atom. The highest BCUT2D eigenvalue weighted by atomic mass is 19.1. The average molecular weight is 494 g/mol. The number of H-pyrrole nitrogens is 1. The number of nitrogens with two attached hydrogens (primary N) is 1. The van der Waals surface area contributed by atoms with Crippen LogP contribution in [0, 0.1) is 5.82 Å². The molecule has 36 heavy (non-hydrogen) atoms. The van der Waals surface area contributed by atoms with Crippen LogP contribution in [0.25, 0.3) is 27.7 Å². The monoisotopic (exact) mass is 493 g/mol. The molecule has 0 amide bonds. The number of allylic oxidation sites excluding steroid dienone is 1. The van der Waals surface area contributed by atoms with E-state index in [1.165, 1.54) is 12.3 Å². The van der Waals surface area contributed by atoms with Gasteiger partial charge >= 0.3 is 0 Å². The van der Waals surface area contributed by atoms with Gasteiger partial charge in [0, 0.05) is 79.4 Å². The summed E-state index contributed by atoms with van der Waals surface area (Å²) in [5.74, 6) is -0.113. The minimum Gasteiger partial charge on any atom is -0.487 e. The lowest BCUT2D eigenvalue weighted by atomic mass is 10.0. The quantitative estimate of drug-likeness (QED) is 0.465. The number of hydrogen-bond donors (Lipinski definition) is 2. The van der Waals surface area contributed by atoms with E-state index in [0.29, 0.717) is 19.8 Å². The maximum absolute atomic E-state index is 14.9. The van der Waals surface area contributed by atoms with E-state index in [4.69, 9.17) is 19.9 Å². The molecule has 3 N–H and O–H groups in total. The summed E-state index contributed by atoms with van der Waals surface area (Å²) in [6.07, 6.45) is 8.46. The highest BCUT2D eigenvalue weighted by Crippen LogP contribution is 2.32. The summed E-state index contributed by atoms with van der Waals surface area (Å²) in [4.78, 5) is 14.6. The number of aromatic nitrogens is 2. The predicted molar refractivity (Wildman–Crippen MR) is 139 cm³/mol. The van der Waals surface area contributed by atoms with Crippen molar-refractivity contribution in [3.8, 4) is 16.9 Å². The number of hydrogen-bond acceptors (Lipinski definition) is 7. The first kappa shape index (κ1) is 24.4. The van der Waals surface area contributed by atoms with Crippen LogP contribution >= 0.6 is 0 Å². The molecule has 0 radical (unpaired) electrons. The molecule has 2 aromatic heterocycles. The second kappa shape index (κ2) is 11.6. The lowest BCUT2D eigenvalue weighted by Gasteiger charge is -2.25.